The molecule has 4 amide bonds. The molecular formula is C36H48N4O5. The van der Waals surface area contributed by atoms with Gasteiger partial charge >= 0.3 is 6.09 Å². The van der Waals surface area contributed by atoms with Crippen molar-refractivity contribution >= 4 is 40.3 Å². The molecule has 0 aliphatic carbocycles. The number of benzene rings is 3. The zero-order valence-electron chi connectivity index (χ0n) is 27.4. The highest BCUT2D eigenvalue weighted by Gasteiger charge is 2.37. The Morgan fingerprint density at radius 2 is 1.56 bits per heavy atom. The molecule has 2 atom stereocenters. The molecule has 9 heteroatoms. The van der Waals surface area contributed by atoms with Gasteiger partial charge in [-0.2, -0.15) is 0 Å². The molecule has 4 N–H and O–H groups in total. The zero-order valence-corrected chi connectivity index (χ0v) is 27.4. The third-order valence-electron chi connectivity index (χ3n) is 7.60. The maximum absolute atomic E-state index is 14.4. The summed E-state index contributed by atoms with van der Waals surface area (Å²) in [6, 6.07) is 16.8. The number of nitrogens with one attached hydrogen (secondary N) is 2. The van der Waals surface area contributed by atoms with Gasteiger partial charge in [0.05, 0.1) is 6.42 Å². The van der Waals surface area contributed by atoms with Crippen molar-refractivity contribution in [1.29, 1.82) is 0 Å². The number of rotatable bonds is 14. The van der Waals surface area contributed by atoms with E-state index in [1.165, 1.54) is 4.90 Å². The summed E-state index contributed by atoms with van der Waals surface area (Å²) in [7, 11) is 0. The Hall–Kier alpha value is -4.40. The number of hydrogen-bond acceptors (Lipinski definition) is 5. The summed E-state index contributed by atoms with van der Waals surface area (Å²) >= 11 is 0. The minimum absolute atomic E-state index is 0.233. The molecular weight excluding hydrogens is 568 g/mol. The number of alkyl carbamates (subject to hydrolysis) is 1. The normalized spacial score (nSPS) is 12.7. The van der Waals surface area contributed by atoms with Crippen LogP contribution in [-0.2, 0) is 19.1 Å². The third-order valence-corrected chi connectivity index (χ3v) is 7.60. The summed E-state index contributed by atoms with van der Waals surface area (Å²) in [5.41, 5.74) is 7.93. The van der Waals surface area contributed by atoms with Crippen molar-refractivity contribution in [2.24, 2.45) is 5.73 Å². The molecule has 0 heterocycles. The Balaban J connectivity index is 2.06. The molecule has 0 aliphatic rings. The Labute approximate surface area is 266 Å². The molecule has 0 spiro atoms. The van der Waals surface area contributed by atoms with Crippen LogP contribution in [0.15, 0.2) is 60.7 Å². The minimum atomic E-state index is -1.32. The molecule has 45 heavy (non-hydrogen) atoms. The molecule has 0 bridgehead atoms. The van der Waals surface area contributed by atoms with Gasteiger partial charge in [0.15, 0.2) is 0 Å². The highest BCUT2D eigenvalue weighted by atomic mass is 16.6. The van der Waals surface area contributed by atoms with E-state index in [-0.39, 0.29) is 6.54 Å². The molecule has 3 rings (SSSR count). The van der Waals surface area contributed by atoms with Gasteiger partial charge in [0.1, 0.15) is 17.7 Å². The summed E-state index contributed by atoms with van der Waals surface area (Å²) in [6.07, 6.45) is 3.28. The SMILES string of the molecule is CCCCCCCN(C(=O)C(CC(N)=O)NC(=O)OC(C)(C)C)C(C(=O)Nc1ccc2ccccc2c1)c1ccc(C)c(C)c1. The van der Waals surface area contributed by atoms with E-state index in [2.05, 4.69) is 17.6 Å². The molecule has 2 unspecified atom stereocenters. The first kappa shape index (κ1) is 35.1. The first-order chi connectivity index (χ1) is 21.3. The van der Waals surface area contributed by atoms with E-state index < -0.39 is 47.9 Å². The van der Waals surface area contributed by atoms with Crippen molar-refractivity contribution in [2.75, 3.05) is 11.9 Å². The summed E-state index contributed by atoms with van der Waals surface area (Å²) < 4.78 is 5.39. The minimum Gasteiger partial charge on any atom is -0.444 e. The highest BCUT2D eigenvalue weighted by Crippen LogP contribution is 2.28. The Kier molecular flexibility index (Phi) is 12.5. The molecule has 0 aromatic heterocycles. The van der Waals surface area contributed by atoms with E-state index in [1.54, 1.807) is 20.8 Å². The second-order valence-electron chi connectivity index (χ2n) is 12.6. The molecule has 0 fully saturated rings. The summed E-state index contributed by atoms with van der Waals surface area (Å²) in [5, 5.41) is 7.57. The van der Waals surface area contributed by atoms with Crippen molar-refractivity contribution in [2.45, 2.75) is 97.8 Å². The number of nitrogens with two attached hydrogens (primary N) is 1. The summed E-state index contributed by atoms with van der Waals surface area (Å²) in [4.78, 5) is 55.0. The van der Waals surface area contributed by atoms with Gasteiger partial charge in [0.25, 0.3) is 5.91 Å². The highest BCUT2D eigenvalue weighted by molar-refractivity contribution is 6.01. The lowest BCUT2D eigenvalue weighted by Crippen LogP contribution is -2.53. The third kappa shape index (κ3) is 10.6. The fourth-order valence-corrected chi connectivity index (χ4v) is 5.19. The number of nitrogens with zero attached hydrogens (tertiary/aromatic N) is 1. The molecule has 0 aliphatic heterocycles. The predicted octanol–water partition coefficient (Wildman–Crippen LogP) is 6.70. The number of hydrogen-bond donors (Lipinski definition) is 3. The van der Waals surface area contributed by atoms with Gasteiger partial charge in [0.2, 0.25) is 11.8 Å². The Bertz CT molecular complexity index is 1500. The largest absolute Gasteiger partial charge is 0.444 e. The Morgan fingerprint density at radius 1 is 0.867 bits per heavy atom. The van der Waals surface area contributed by atoms with E-state index in [4.69, 9.17) is 10.5 Å². The van der Waals surface area contributed by atoms with Crippen molar-refractivity contribution in [3.63, 3.8) is 0 Å². The van der Waals surface area contributed by atoms with E-state index in [1.807, 2.05) is 74.5 Å². The molecule has 242 valence electrons. The van der Waals surface area contributed by atoms with E-state index >= 15 is 0 Å². The fraction of sp³-hybridized carbons (Fsp3) is 0.444. The maximum atomic E-state index is 14.4. The quantitative estimate of drug-likeness (QED) is 0.173. The molecule has 0 radical (unpaired) electrons. The predicted molar refractivity (Wildman–Crippen MR) is 179 cm³/mol. The molecule has 3 aromatic rings. The van der Waals surface area contributed by atoms with Crippen molar-refractivity contribution in [1.82, 2.24) is 10.2 Å². The van der Waals surface area contributed by atoms with Crippen LogP contribution in [0.25, 0.3) is 10.8 Å². The van der Waals surface area contributed by atoms with Crippen LogP contribution in [0.4, 0.5) is 10.5 Å². The number of aryl methyl sites for hydroxylation is 2. The number of carbonyl (C=O) groups excluding carboxylic acids is 4. The van der Waals surface area contributed by atoms with Gasteiger partial charge < -0.3 is 26.0 Å². The first-order valence-corrected chi connectivity index (χ1v) is 15.7. The first-order valence-electron chi connectivity index (χ1n) is 15.7. The van der Waals surface area contributed by atoms with E-state index in [0.29, 0.717) is 17.7 Å². The van der Waals surface area contributed by atoms with Gasteiger partial charge in [-0.15, -0.1) is 0 Å². The summed E-state index contributed by atoms with van der Waals surface area (Å²) in [6.45, 7) is 11.4. The zero-order chi connectivity index (χ0) is 33.1. The molecule has 0 saturated carbocycles. The van der Waals surface area contributed by atoms with Crippen molar-refractivity contribution in [3.8, 4) is 0 Å². The van der Waals surface area contributed by atoms with Crippen molar-refractivity contribution in [3.05, 3.63) is 77.4 Å². The molecule has 0 saturated heterocycles. The van der Waals surface area contributed by atoms with E-state index in [9.17, 15) is 19.2 Å². The topological polar surface area (TPSA) is 131 Å². The second-order valence-corrected chi connectivity index (χ2v) is 12.6. The van der Waals surface area contributed by atoms with Crippen LogP contribution in [0.3, 0.4) is 0 Å². The van der Waals surface area contributed by atoms with Crippen LogP contribution < -0.4 is 16.4 Å². The Morgan fingerprint density at radius 3 is 2.20 bits per heavy atom. The number of anilines is 1. The van der Waals surface area contributed by atoms with Crippen LogP contribution in [0, 0.1) is 13.8 Å². The summed E-state index contributed by atoms with van der Waals surface area (Å²) in [5.74, 6) is -1.77. The van der Waals surface area contributed by atoms with E-state index in [0.717, 1.165) is 47.6 Å². The van der Waals surface area contributed by atoms with Gasteiger partial charge in [-0.05, 0) is 80.6 Å². The molecule has 9 nitrogen and oxygen atoms in total. The van der Waals surface area contributed by atoms with Crippen LogP contribution in [-0.4, -0.2) is 46.9 Å². The number of carbonyl (C=O) groups is 4. The molecule has 3 aromatic carbocycles. The van der Waals surface area contributed by atoms with Gasteiger partial charge in [-0.25, -0.2) is 4.79 Å². The fourth-order valence-electron chi connectivity index (χ4n) is 5.19. The van der Waals surface area contributed by atoms with Gasteiger partial charge in [-0.3, -0.25) is 14.4 Å². The number of fused-ring (bicyclic) bond motifs is 1. The van der Waals surface area contributed by atoms with Crippen LogP contribution in [0.1, 0.15) is 89.0 Å². The lowest BCUT2D eigenvalue weighted by Gasteiger charge is -2.34. The smallest absolute Gasteiger partial charge is 0.408 e. The average Bonchev–Trinajstić information content (AvgIpc) is 2.96. The van der Waals surface area contributed by atoms with Gasteiger partial charge in [0, 0.05) is 12.2 Å². The average molecular weight is 617 g/mol. The second kappa shape index (κ2) is 16.1. The monoisotopic (exact) mass is 616 g/mol. The number of unbranched alkanes of at least 4 members (excludes halogenated alkanes) is 4. The number of primary amides is 1. The number of ether oxygens (including phenoxy) is 1. The van der Waals surface area contributed by atoms with Crippen molar-refractivity contribution < 1.29 is 23.9 Å². The number of amides is 4. The van der Waals surface area contributed by atoms with Gasteiger partial charge in [-0.1, -0.05) is 81.1 Å². The van der Waals surface area contributed by atoms with Crippen LogP contribution in [0.2, 0.25) is 0 Å². The van der Waals surface area contributed by atoms with Crippen LogP contribution >= 0.6 is 0 Å². The maximum Gasteiger partial charge on any atom is 0.408 e. The standard InChI is InChI=1S/C36H48N4O5/c1-7-8-9-10-13-20-40(34(43)30(23-31(37)41)39-35(44)45-36(4,5)6)32(28-17-16-24(2)25(3)21-28)33(42)38-29-19-18-26-14-11-12-15-27(26)22-29/h11-12,14-19,21-22,30,32H,7-10,13,20,23H2,1-6H3,(H2,37,41)(H,38,42)(H,39,44). The lowest BCUT2D eigenvalue weighted by molar-refractivity contribution is -0.142. The van der Waals surface area contributed by atoms with Crippen LogP contribution in [0.5, 0.6) is 0 Å². The lowest BCUT2D eigenvalue weighted by atomic mass is 9.97.